The quantitative estimate of drug-likeness (QED) is 0.557. The fourth-order valence-corrected chi connectivity index (χ4v) is 4.81. The number of hydrogen-bond donors (Lipinski definition) is 0. The summed E-state index contributed by atoms with van der Waals surface area (Å²) >= 11 is 0. The Balaban J connectivity index is 1.62. The van der Waals surface area contributed by atoms with E-state index in [1.54, 1.807) is 11.0 Å². The van der Waals surface area contributed by atoms with Gasteiger partial charge in [-0.3, -0.25) is 9.69 Å². The number of carbonyl (C=O) groups is 1. The van der Waals surface area contributed by atoms with Crippen LogP contribution in [0, 0.1) is 13.8 Å². The number of amides is 1. The van der Waals surface area contributed by atoms with Crippen LogP contribution in [0.2, 0.25) is 0 Å². The van der Waals surface area contributed by atoms with Crippen molar-refractivity contribution >= 4 is 21.4 Å². The molecule has 1 heterocycles. The van der Waals surface area contributed by atoms with Crippen LogP contribution in [0.5, 0.6) is 5.75 Å². The number of hydrogen-bond acceptors (Lipinski definition) is 5. The summed E-state index contributed by atoms with van der Waals surface area (Å²) in [4.78, 5) is 16.8. The molecule has 0 aromatic heterocycles. The van der Waals surface area contributed by atoms with E-state index in [4.69, 9.17) is 4.74 Å². The summed E-state index contributed by atoms with van der Waals surface area (Å²) < 4.78 is 29.7. The molecule has 0 radical (unpaired) electrons. The summed E-state index contributed by atoms with van der Waals surface area (Å²) in [7, 11) is -1.39. The van der Waals surface area contributed by atoms with Crippen molar-refractivity contribution in [2.24, 2.45) is 0 Å². The molecule has 2 aromatic carbocycles. The smallest absolute Gasteiger partial charge is 0.241 e. The van der Waals surface area contributed by atoms with Gasteiger partial charge in [0.15, 0.2) is 9.84 Å². The van der Waals surface area contributed by atoms with E-state index >= 15 is 0 Å². The number of benzene rings is 2. The second kappa shape index (κ2) is 10.1. The Labute approximate surface area is 185 Å². The molecule has 0 fully saturated rings. The minimum atomic E-state index is -3.28. The van der Waals surface area contributed by atoms with E-state index in [9.17, 15) is 13.2 Å². The molecule has 0 saturated carbocycles. The summed E-state index contributed by atoms with van der Waals surface area (Å²) in [5, 5.41) is 1.21. The molecule has 0 unspecified atom stereocenters. The Morgan fingerprint density at radius 3 is 2.48 bits per heavy atom. The summed E-state index contributed by atoms with van der Waals surface area (Å²) in [6.45, 7) is 5.45. The third kappa shape index (κ3) is 6.42. The van der Waals surface area contributed by atoms with Gasteiger partial charge in [-0.15, -0.1) is 0 Å². The van der Waals surface area contributed by atoms with Crippen LogP contribution in [-0.4, -0.2) is 57.8 Å². The minimum Gasteiger partial charge on any atom is -0.494 e. The molecule has 0 saturated heterocycles. The molecule has 1 amide bonds. The molecule has 1 aliphatic rings. The second-order valence-corrected chi connectivity index (χ2v) is 9.94. The number of likely N-dealkylation sites (N-methyl/N-ethyl adjacent to an activating group) is 1. The molecule has 0 spiro atoms. The summed E-state index contributed by atoms with van der Waals surface area (Å²) in [5.41, 5.74) is 2.91. The van der Waals surface area contributed by atoms with Gasteiger partial charge in [0.25, 0.3) is 0 Å². The van der Waals surface area contributed by atoms with Gasteiger partial charge in [-0.25, -0.2) is 8.42 Å². The van der Waals surface area contributed by atoms with E-state index in [1.165, 1.54) is 5.41 Å². The number of sulfone groups is 1. The van der Waals surface area contributed by atoms with Gasteiger partial charge in [-0.2, -0.15) is 0 Å². The molecule has 31 heavy (non-hydrogen) atoms. The van der Waals surface area contributed by atoms with Gasteiger partial charge >= 0.3 is 0 Å². The van der Waals surface area contributed by atoms with E-state index in [0.29, 0.717) is 13.2 Å². The maximum absolute atomic E-state index is 13.2. The third-order valence-corrected chi connectivity index (χ3v) is 6.76. The Kier molecular flexibility index (Phi) is 7.51. The number of aryl methyl sites for hydroxylation is 2. The largest absolute Gasteiger partial charge is 0.494 e. The monoisotopic (exact) mass is 442 g/mol. The fourth-order valence-electron chi connectivity index (χ4n) is 3.54. The van der Waals surface area contributed by atoms with Crippen LogP contribution in [0.3, 0.4) is 0 Å². The highest BCUT2D eigenvalue weighted by Gasteiger charge is 2.31. The molecule has 0 N–H and O–H groups in total. The van der Waals surface area contributed by atoms with E-state index in [2.05, 4.69) is 0 Å². The molecule has 7 heteroatoms. The van der Waals surface area contributed by atoms with Crippen LogP contribution in [0.25, 0.3) is 0 Å². The standard InChI is InChI=1S/C24H30N2O4S/c1-19-10-11-21(16-20(19)2)26(22-12-15-31(28,29)18-22)24(27)17-25(3)13-7-14-30-23-8-5-4-6-9-23/h4-6,8-12,15-16,22H,7,13-14,17-18H2,1-3H3/t22-/m1/s1. The van der Waals surface area contributed by atoms with Gasteiger partial charge < -0.3 is 9.64 Å². The molecule has 0 aliphatic carbocycles. The van der Waals surface area contributed by atoms with Gasteiger partial charge in [0.1, 0.15) is 5.75 Å². The number of para-hydroxylation sites is 1. The van der Waals surface area contributed by atoms with Crippen LogP contribution in [-0.2, 0) is 14.6 Å². The van der Waals surface area contributed by atoms with Crippen LogP contribution < -0.4 is 9.64 Å². The molecule has 0 bridgehead atoms. The number of ether oxygens (including phenoxy) is 1. The topological polar surface area (TPSA) is 66.9 Å². The number of rotatable bonds is 9. The summed E-state index contributed by atoms with van der Waals surface area (Å²) in [6.07, 6.45) is 2.39. The van der Waals surface area contributed by atoms with Crippen molar-refractivity contribution in [2.75, 3.05) is 37.4 Å². The third-order valence-electron chi connectivity index (χ3n) is 5.38. The predicted molar refractivity (Wildman–Crippen MR) is 124 cm³/mol. The average molecular weight is 443 g/mol. The lowest BCUT2D eigenvalue weighted by Crippen LogP contribution is -2.46. The number of carbonyl (C=O) groups excluding carboxylic acids is 1. The second-order valence-electron chi connectivity index (χ2n) is 8.01. The van der Waals surface area contributed by atoms with Crippen molar-refractivity contribution < 1.29 is 17.9 Å². The molecular formula is C24H30N2O4S. The predicted octanol–water partition coefficient (Wildman–Crippen LogP) is 3.35. The number of nitrogens with zero attached hydrogens (tertiary/aromatic N) is 2. The summed E-state index contributed by atoms with van der Waals surface area (Å²) in [5.74, 6) is 0.623. The molecule has 1 aliphatic heterocycles. The zero-order valence-electron chi connectivity index (χ0n) is 18.3. The zero-order chi connectivity index (χ0) is 22.4. The molecule has 3 rings (SSSR count). The highest BCUT2D eigenvalue weighted by molar-refractivity contribution is 7.94. The first-order chi connectivity index (χ1) is 14.7. The van der Waals surface area contributed by atoms with Crippen LogP contribution in [0.1, 0.15) is 17.5 Å². The first kappa shape index (κ1) is 23.0. The first-order valence-corrected chi connectivity index (χ1v) is 12.1. The Bertz CT molecular complexity index is 1030. The van der Waals surface area contributed by atoms with E-state index in [0.717, 1.165) is 29.0 Å². The van der Waals surface area contributed by atoms with Gasteiger partial charge in [0.05, 0.1) is 24.9 Å². The van der Waals surface area contributed by atoms with Gasteiger partial charge in [0, 0.05) is 17.6 Å². The lowest BCUT2D eigenvalue weighted by Gasteiger charge is -2.30. The van der Waals surface area contributed by atoms with Crippen molar-refractivity contribution in [2.45, 2.75) is 26.3 Å². The van der Waals surface area contributed by atoms with Gasteiger partial charge in [-0.1, -0.05) is 24.3 Å². The Morgan fingerprint density at radius 1 is 1.10 bits per heavy atom. The van der Waals surface area contributed by atoms with Crippen molar-refractivity contribution in [3.8, 4) is 5.75 Å². The molecule has 6 nitrogen and oxygen atoms in total. The molecule has 1 atom stereocenters. The van der Waals surface area contributed by atoms with Gasteiger partial charge in [0.2, 0.25) is 5.91 Å². The van der Waals surface area contributed by atoms with Crippen LogP contribution >= 0.6 is 0 Å². The SMILES string of the molecule is Cc1ccc(N(C(=O)CN(C)CCCOc2ccccc2)[C@@H]2C=CS(=O)(=O)C2)cc1C. The highest BCUT2D eigenvalue weighted by atomic mass is 32.2. The molecule has 2 aromatic rings. The van der Waals surface area contributed by atoms with Crippen molar-refractivity contribution in [1.82, 2.24) is 4.90 Å². The van der Waals surface area contributed by atoms with E-state index < -0.39 is 15.9 Å². The van der Waals surface area contributed by atoms with Crippen molar-refractivity contribution in [1.29, 1.82) is 0 Å². The normalized spacial score (nSPS) is 17.1. The van der Waals surface area contributed by atoms with Crippen molar-refractivity contribution in [3.05, 3.63) is 71.1 Å². The average Bonchev–Trinajstić information content (AvgIpc) is 3.08. The zero-order valence-corrected chi connectivity index (χ0v) is 19.1. The van der Waals surface area contributed by atoms with Crippen LogP contribution in [0.4, 0.5) is 5.69 Å². The molecule has 166 valence electrons. The minimum absolute atomic E-state index is 0.0830. The Hall–Kier alpha value is -2.64. The number of anilines is 1. The van der Waals surface area contributed by atoms with E-state index in [1.807, 2.05) is 74.3 Å². The summed E-state index contributed by atoms with van der Waals surface area (Å²) in [6, 6.07) is 14.9. The van der Waals surface area contributed by atoms with Crippen molar-refractivity contribution in [3.63, 3.8) is 0 Å². The maximum atomic E-state index is 13.2. The maximum Gasteiger partial charge on any atom is 0.241 e. The molecular weight excluding hydrogens is 412 g/mol. The highest BCUT2D eigenvalue weighted by Crippen LogP contribution is 2.25. The Morgan fingerprint density at radius 2 is 1.84 bits per heavy atom. The van der Waals surface area contributed by atoms with E-state index in [-0.39, 0.29) is 18.2 Å². The van der Waals surface area contributed by atoms with Gasteiger partial charge in [-0.05, 0) is 68.8 Å². The first-order valence-electron chi connectivity index (χ1n) is 10.4. The fraction of sp³-hybridized carbons (Fsp3) is 0.375. The van der Waals surface area contributed by atoms with Crippen LogP contribution in [0.15, 0.2) is 60.0 Å². The lowest BCUT2D eigenvalue weighted by atomic mass is 10.1. The lowest BCUT2D eigenvalue weighted by molar-refractivity contribution is -0.119.